The number of nitrogens with one attached hydrogen (secondary N) is 1. The topological polar surface area (TPSA) is 126 Å². The number of carbonyl (C=O) groups is 2. The van der Waals surface area contributed by atoms with Crippen LogP contribution in [0.5, 0.6) is 0 Å². The molecule has 2 amide bonds. The maximum Gasteiger partial charge on any atom is 0.274 e. The van der Waals surface area contributed by atoms with E-state index in [2.05, 4.69) is 20.4 Å². The van der Waals surface area contributed by atoms with E-state index in [-0.39, 0.29) is 23.2 Å². The summed E-state index contributed by atoms with van der Waals surface area (Å²) < 4.78 is 6.93. The van der Waals surface area contributed by atoms with Gasteiger partial charge in [-0.3, -0.25) is 14.3 Å². The smallest absolute Gasteiger partial charge is 0.274 e. The van der Waals surface area contributed by atoms with Crippen molar-refractivity contribution in [2.45, 2.75) is 6.54 Å². The highest BCUT2D eigenvalue weighted by Crippen LogP contribution is 2.24. The summed E-state index contributed by atoms with van der Waals surface area (Å²) in [6, 6.07) is 8.98. The van der Waals surface area contributed by atoms with Crippen LogP contribution in [0.15, 0.2) is 42.9 Å². The van der Waals surface area contributed by atoms with Crippen LogP contribution in [0.2, 0.25) is 5.02 Å². The van der Waals surface area contributed by atoms with Crippen LogP contribution in [0.1, 0.15) is 26.5 Å². The highest BCUT2D eigenvalue weighted by molar-refractivity contribution is 6.32. The third-order valence-corrected chi connectivity index (χ3v) is 5.37. The molecule has 1 N–H and O–H groups in total. The molecule has 168 valence electrons. The van der Waals surface area contributed by atoms with Crippen LogP contribution in [-0.4, -0.2) is 69.3 Å². The van der Waals surface area contributed by atoms with Gasteiger partial charge in [0.05, 0.1) is 48.4 Å². The highest BCUT2D eigenvalue weighted by Gasteiger charge is 2.20. The number of ether oxygens (including phenoxy) is 1. The van der Waals surface area contributed by atoms with Gasteiger partial charge in [0.2, 0.25) is 0 Å². The molecule has 1 saturated heterocycles. The molecule has 0 unspecified atom stereocenters. The summed E-state index contributed by atoms with van der Waals surface area (Å²) in [5.74, 6) is -0.616. The Morgan fingerprint density at radius 1 is 1.15 bits per heavy atom. The number of hydrogen-bond acceptors (Lipinski definition) is 7. The van der Waals surface area contributed by atoms with Crippen LogP contribution < -0.4 is 5.32 Å². The molecule has 3 aromatic rings. The van der Waals surface area contributed by atoms with Crippen molar-refractivity contribution in [1.82, 2.24) is 30.0 Å². The van der Waals surface area contributed by atoms with E-state index in [1.807, 2.05) is 12.1 Å². The number of morpholine rings is 1. The zero-order valence-corrected chi connectivity index (χ0v) is 18.3. The van der Waals surface area contributed by atoms with Crippen molar-refractivity contribution in [3.8, 4) is 17.3 Å². The number of nitrogens with zero attached hydrogens (tertiary/aromatic N) is 6. The molecule has 1 aliphatic rings. The van der Waals surface area contributed by atoms with Crippen LogP contribution in [0.25, 0.3) is 11.3 Å². The number of halogens is 1. The predicted molar refractivity (Wildman–Crippen MR) is 118 cm³/mol. The van der Waals surface area contributed by atoms with Crippen molar-refractivity contribution in [1.29, 1.82) is 5.26 Å². The lowest BCUT2D eigenvalue weighted by molar-refractivity contribution is 0.0298. The standard InChI is InChI=1S/C22H20ClN7O3/c23-17-11-15(1-2-16(17)12-24)18-3-5-30(28-18)6-4-25-21(31)19-13-27-20(14-26-19)22(32)29-7-9-33-10-8-29/h1-3,5,11,13-14H,4,6-10H2,(H,25,31). The quantitative estimate of drug-likeness (QED) is 0.587. The molecule has 4 rings (SSSR count). The number of hydrogen-bond donors (Lipinski definition) is 1. The van der Waals surface area contributed by atoms with E-state index >= 15 is 0 Å². The third-order valence-electron chi connectivity index (χ3n) is 5.05. The fraction of sp³-hybridized carbons (Fsp3) is 0.273. The van der Waals surface area contributed by atoms with Crippen LogP contribution >= 0.6 is 11.6 Å². The van der Waals surface area contributed by atoms with Gasteiger partial charge in [-0.05, 0) is 18.2 Å². The van der Waals surface area contributed by atoms with Gasteiger partial charge in [0.1, 0.15) is 17.5 Å². The molecule has 11 heteroatoms. The van der Waals surface area contributed by atoms with Gasteiger partial charge in [-0.1, -0.05) is 17.7 Å². The SMILES string of the molecule is N#Cc1ccc(-c2ccn(CCNC(=O)c3cnc(C(=O)N4CCOCC4)cn3)n2)cc1Cl. The molecule has 1 fully saturated rings. The van der Waals surface area contributed by atoms with E-state index in [0.29, 0.717) is 55.7 Å². The van der Waals surface area contributed by atoms with Crippen molar-refractivity contribution in [3.63, 3.8) is 0 Å². The summed E-state index contributed by atoms with van der Waals surface area (Å²) in [6.45, 7) is 2.78. The van der Waals surface area contributed by atoms with E-state index in [4.69, 9.17) is 21.6 Å². The average molecular weight is 466 g/mol. The summed E-state index contributed by atoms with van der Waals surface area (Å²) in [4.78, 5) is 34.6. The average Bonchev–Trinajstić information content (AvgIpc) is 3.33. The van der Waals surface area contributed by atoms with Crippen molar-refractivity contribution in [2.24, 2.45) is 0 Å². The second kappa shape index (κ2) is 10.2. The molecule has 0 spiro atoms. The minimum atomic E-state index is -0.390. The van der Waals surface area contributed by atoms with E-state index in [1.54, 1.807) is 34.0 Å². The monoisotopic (exact) mass is 465 g/mol. The second-order valence-electron chi connectivity index (χ2n) is 7.22. The number of benzene rings is 1. The fourth-order valence-corrected chi connectivity index (χ4v) is 3.49. The first kappa shape index (κ1) is 22.4. The van der Waals surface area contributed by atoms with Gasteiger partial charge in [-0.2, -0.15) is 10.4 Å². The summed E-state index contributed by atoms with van der Waals surface area (Å²) in [7, 11) is 0. The molecule has 0 atom stereocenters. The van der Waals surface area contributed by atoms with Gasteiger partial charge < -0.3 is 15.0 Å². The highest BCUT2D eigenvalue weighted by atomic mass is 35.5. The number of carbonyl (C=O) groups excluding carboxylic acids is 2. The first-order valence-electron chi connectivity index (χ1n) is 10.3. The number of rotatable bonds is 6. The van der Waals surface area contributed by atoms with Crippen LogP contribution in [-0.2, 0) is 11.3 Å². The lowest BCUT2D eigenvalue weighted by Crippen LogP contribution is -2.41. The fourth-order valence-electron chi connectivity index (χ4n) is 3.26. The lowest BCUT2D eigenvalue weighted by atomic mass is 10.1. The Morgan fingerprint density at radius 3 is 2.61 bits per heavy atom. The molecule has 10 nitrogen and oxygen atoms in total. The minimum Gasteiger partial charge on any atom is -0.378 e. The van der Waals surface area contributed by atoms with Gasteiger partial charge in [0, 0.05) is 31.4 Å². The Labute approximate surface area is 194 Å². The van der Waals surface area contributed by atoms with E-state index in [0.717, 1.165) is 5.56 Å². The van der Waals surface area contributed by atoms with Gasteiger partial charge in [-0.15, -0.1) is 0 Å². The van der Waals surface area contributed by atoms with Gasteiger partial charge in [0.15, 0.2) is 0 Å². The molecule has 33 heavy (non-hydrogen) atoms. The number of nitriles is 1. The van der Waals surface area contributed by atoms with Crippen LogP contribution in [0.4, 0.5) is 0 Å². The zero-order chi connectivity index (χ0) is 23.2. The molecular weight excluding hydrogens is 446 g/mol. The Bertz CT molecular complexity index is 1200. The molecule has 1 aliphatic heterocycles. The Balaban J connectivity index is 1.29. The molecule has 0 aliphatic carbocycles. The van der Waals surface area contributed by atoms with Crippen molar-refractivity contribution < 1.29 is 14.3 Å². The first-order chi connectivity index (χ1) is 16.0. The van der Waals surface area contributed by atoms with Crippen LogP contribution in [0, 0.1) is 11.3 Å². The molecule has 0 saturated carbocycles. The van der Waals surface area contributed by atoms with E-state index in [9.17, 15) is 9.59 Å². The van der Waals surface area contributed by atoms with Crippen molar-refractivity contribution in [3.05, 3.63) is 64.8 Å². The Morgan fingerprint density at radius 2 is 1.91 bits per heavy atom. The maximum atomic E-state index is 12.4. The molecular formula is C22H20ClN7O3. The normalized spacial score (nSPS) is 13.4. The first-order valence-corrected chi connectivity index (χ1v) is 10.6. The zero-order valence-electron chi connectivity index (χ0n) is 17.6. The Hall–Kier alpha value is -3.81. The molecule has 1 aromatic carbocycles. The lowest BCUT2D eigenvalue weighted by Gasteiger charge is -2.26. The molecule has 0 bridgehead atoms. The maximum absolute atomic E-state index is 12.4. The summed E-state index contributed by atoms with van der Waals surface area (Å²) in [5.41, 5.74) is 2.23. The van der Waals surface area contributed by atoms with Gasteiger partial charge in [-0.25, -0.2) is 9.97 Å². The van der Waals surface area contributed by atoms with E-state index in [1.165, 1.54) is 12.4 Å². The molecule has 2 aromatic heterocycles. The number of amides is 2. The van der Waals surface area contributed by atoms with E-state index < -0.39 is 0 Å². The third kappa shape index (κ3) is 5.34. The molecule has 0 radical (unpaired) electrons. The second-order valence-corrected chi connectivity index (χ2v) is 7.63. The summed E-state index contributed by atoms with van der Waals surface area (Å²) in [5, 5.41) is 16.6. The Kier molecular flexibility index (Phi) is 6.92. The number of aromatic nitrogens is 4. The largest absolute Gasteiger partial charge is 0.378 e. The predicted octanol–water partition coefficient (Wildman–Crippen LogP) is 1.77. The van der Waals surface area contributed by atoms with Crippen molar-refractivity contribution in [2.75, 3.05) is 32.8 Å². The summed E-state index contributed by atoms with van der Waals surface area (Å²) >= 11 is 6.09. The van der Waals surface area contributed by atoms with Gasteiger partial charge >= 0.3 is 0 Å². The van der Waals surface area contributed by atoms with Gasteiger partial charge in [0.25, 0.3) is 11.8 Å². The summed E-state index contributed by atoms with van der Waals surface area (Å²) in [6.07, 6.45) is 4.40. The molecule has 3 heterocycles. The van der Waals surface area contributed by atoms with Crippen LogP contribution in [0.3, 0.4) is 0 Å². The van der Waals surface area contributed by atoms with Crippen molar-refractivity contribution >= 4 is 23.4 Å². The minimum absolute atomic E-state index is 0.127.